The second-order valence-corrected chi connectivity index (χ2v) is 5.29. The molecule has 1 N–H and O–H groups in total. The summed E-state index contributed by atoms with van der Waals surface area (Å²) in [5.74, 6) is -0.136. The Morgan fingerprint density at radius 2 is 1.95 bits per heavy atom. The first-order valence-electron chi connectivity index (χ1n) is 7.12. The van der Waals surface area contributed by atoms with Crippen LogP contribution in [0.25, 0.3) is 0 Å². The van der Waals surface area contributed by atoms with Gasteiger partial charge in [0.05, 0.1) is 13.5 Å². The average Bonchev–Trinajstić information content (AvgIpc) is 3.23. The van der Waals surface area contributed by atoms with Crippen molar-refractivity contribution in [1.29, 1.82) is 0 Å². The van der Waals surface area contributed by atoms with Gasteiger partial charge in [-0.25, -0.2) is 0 Å². The normalized spacial score (nSPS) is 16.1. The van der Waals surface area contributed by atoms with Crippen LogP contribution in [0.5, 0.6) is 0 Å². The van der Waals surface area contributed by atoms with E-state index in [-0.39, 0.29) is 12.0 Å². The molecule has 1 aliphatic carbocycles. The molecule has 0 aliphatic heterocycles. The van der Waals surface area contributed by atoms with E-state index in [1.54, 1.807) is 0 Å². The fourth-order valence-corrected chi connectivity index (χ4v) is 2.25. The Labute approximate surface area is 115 Å². The quantitative estimate of drug-likeness (QED) is 0.766. The predicted octanol–water partition coefficient (Wildman–Crippen LogP) is 2.48. The zero-order valence-electron chi connectivity index (χ0n) is 11.8. The molecule has 19 heavy (non-hydrogen) atoms. The van der Waals surface area contributed by atoms with Gasteiger partial charge in [0.25, 0.3) is 0 Å². The van der Waals surface area contributed by atoms with Gasteiger partial charge in [-0.05, 0) is 36.8 Å². The minimum absolute atomic E-state index is 0.136. The summed E-state index contributed by atoms with van der Waals surface area (Å²) in [6, 6.07) is 9.45. The van der Waals surface area contributed by atoms with Crippen LogP contribution in [0.1, 0.15) is 37.3 Å². The van der Waals surface area contributed by atoms with Crippen LogP contribution in [0.4, 0.5) is 0 Å². The number of esters is 1. The minimum atomic E-state index is -0.136. The molecular weight excluding hydrogens is 238 g/mol. The highest BCUT2D eigenvalue weighted by atomic mass is 16.5. The SMILES string of the molecule is CCc1ccc(CC(CC(=O)OC)NC2CC2)cc1. The lowest BCUT2D eigenvalue weighted by atomic mass is 10.0. The molecule has 1 aromatic rings. The summed E-state index contributed by atoms with van der Waals surface area (Å²) in [6.45, 7) is 2.16. The summed E-state index contributed by atoms with van der Waals surface area (Å²) < 4.78 is 4.78. The number of carbonyl (C=O) groups excluding carboxylic acids is 1. The standard InChI is InChI=1S/C16H23NO2/c1-3-12-4-6-13(7-5-12)10-15(11-16(18)19-2)17-14-8-9-14/h4-7,14-15,17H,3,8-11H2,1-2H3. The third-order valence-corrected chi connectivity index (χ3v) is 3.60. The highest BCUT2D eigenvalue weighted by Crippen LogP contribution is 2.21. The molecule has 0 saturated heterocycles. The maximum Gasteiger partial charge on any atom is 0.307 e. The third kappa shape index (κ3) is 4.67. The molecular formula is C16H23NO2. The zero-order chi connectivity index (χ0) is 13.7. The Morgan fingerprint density at radius 1 is 1.32 bits per heavy atom. The van der Waals surface area contributed by atoms with Gasteiger partial charge in [0.2, 0.25) is 0 Å². The van der Waals surface area contributed by atoms with E-state index >= 15 is 0 Å². The topological polar surface area (TPSA) is 38.3 Å². The van der Waals surface area contributed by atoms with E-state index in [4.69, 9.17) is 4.74 Å². The minimum Gasteiger partial charge on any atom is -0.469 e. The average molecular weight is 261 g/mol. The fourth-order valence-electron chi connectivity index (χ4n) is 2.25. The molecule has 104 valence electrons. The van der Waals surface area contributed by atoms with Gasteiger partial charge in [0.15, 0.2) is 0 Å². The summed E-state index contributed by atoms with van der Waals surface area (Å²) in [7, 11) is 1.45. The fraction of sp³-hybridized carbons (Fsp3) is 0.562. The summed E-state index contributed by atoms with van der Waals surface area (Å²) in [5.41, 5.74) is 2.63. The first-order valence-corrected chi connectivity index (χ1v) is 7.12. The molecule has 1 saturated carbocycles. The lowest BCUT2D eigenvalue weighted by molar-refractivity contribution is -0.141. The monoisotopic (exact) mass is 261 g/mol. The molecule has 1 aliphatic rings. The van der Waals surface area contributed by atoms with Gasteiger partial charge in [-0.15, -0.1) is 0 Å². The molecule has 0 bridgehead atoms. The van der Waals surface area contributed by atoms with Crippen molar-refractivity contribution in [3.63, 3.8) is 0 Å². The predicted molar refractivity (Wildman–Crippen MR) is 76.1 cm³/mol. The molecule has 3 nitrogen and oxygen atoms in total. The van der Waals surface area contributed by atoms with Crippen molar-refractivity contribution >= 4 is 5.97 Å². The Balaban J connectivity index is 1.94. The lowest BCUT2D eigenvalue weighted by Gasteiger charge is -2.17. The van der Waals surface area contributed by atoms with Crippen molar-refractivity contribution < 1.29 is 9.53 Å². The first-order chi connectivity index (χ1) is 9.21. The van der Waals surface area contributed by atoms with E-state index < -0.39 is 0 Å². The van der Waals surface area contributed by atoms with Crippen molar-refractivity contribution in [2.75, 3.05) is 7.11 Å². The lowest BCUT2D eigenvalue weighted by Crippen LogP contribution is -2.35. The number of rotatable bonds is 7. The zero-order valence-corrected chi connectivity index (χ0v) is 11.8. The van der Waals surface area contributed by atoms with Crippen molar-refractivity contribution in [2.45, 2.75) is 51.1 Å². The van der Waals surface area contributed by atoms with Crippen LogP contribution < -0.4 is 5.32 Å². The number of hydrogen-bond acceptors (Lipinski definition) is 3. The van der Waals surface area contributed by atoms with Gasteiger partial charge in [-0.3, -0.25) is 4.79 Å². The van der Waals surface area contributed by atoms with Gasteiger partial charge in [0, 0.05) is 12.1 Å². The van der Waals surface area contributed by atoms with Crippen LogP contribution in [0.3, 0.4) is 0 Å². The van der Waals surface area contributed by atoms with Crippen molar-refractivity contribution in [3.05, 3.63) is 35.4 Å². The highest BCUT2D eigenvalue weighted by molar-refractivity contribution is 5.70. The Morgan fingerprint density at radius 3 is 2.47 bits per heavy atom. The second-order valence-electron chi connectivity index (χ2n) is 5.29. The number of aryl methyl sites for hydroxylation is 1. The van der Waals surface area contributed by atoms with Crippen LogP contribution in [-0.2, 0) is 22.4 Å². The van der Waals surface area contributed by atoms with Crippen LogP contribution in [0, 0.1) is 0 Å². The number of carbonyl (C=O) groups is 1. The molecule has 1 aromatic carbocycles. The number of benzene rings is 1. The third-order valence-electron chi connectivity index (χ3n) is 3.60. The van der Waals surface area contributed by atoms with Crippen molar-refractivity contribution in [1.82, 2.24) is 5.32 Å². The molecule has 0 amide bonds. The summed E-state index contributed by atoms with van der Waals surface area (Å²) >= 11 is 0. The van der Waals surface area contributed by atoms with Gasteiger partial charge >= 0.3 is 5.97 Å². The van der Waals surface area contributed by atoms with E-state index in [9.17, 15) is 4.79 Å². The van der Waals surface area contributed by atoms with E-state index in [1.165, 1.54) is 31.1 Å². The Kier molecular flexibility index (Phi) is 4.97. The largest absolute Gasteiger partial charge is 0.469 e. The summed E-state index contributed by atoms with van der Waals surface area (Å²) in [5, 5.41) is 3.53. The van der Waals surface area contributed by atoms with E-state index in [1.807, 2.05) is 0 Å². The van der Waals surface area contributed by atoms with Gasteiger partial charge in [-0.1, -0.05) is 31.2 Å². The molecule has 2 rings (SSSR count). The molecule has 0 aromatic heterocycles. The molecule has 0 spiro atoms. The van der Waals surface area contributed by atoms with Gasteiger partial charge in [-0.2, -0.15) is 0 Å². The molecule has 1 fully saturated rings. The van der Waals surface area contributed by atoms with E-state index in [0.29, 0.717) is 12.5 Å². The van der Waals surface area contributed by atoms with E-state index in [0.717, 1.165) is 12.8 Å². The van der Waals surface area contributed by atoms with Gasteiger partial charge in [0.1, 0.15) is 0 Å². The number of methoxy groups -OCH3 is 1. The van der Waals surface area contributed by atoms with Crippen molar-refractivity contribution in [3.8, 4) is 0 Å². The molecule has 0 radical (unpaired) electrons. The van der Waals surface area contributed by atoms with Crippen LogP contribution in [0.15, 0.2) is 24.3 Å². The summed E-state index contributed by atoms with van der Waals surface area (Å²) in [4.78, 5) is 11.5. The Hall–Kier alpha value is -1.35. The van der Waals surface area contributed by atoms with Crippen LogP contribution >= 0.6 is 0 Å². The molecule has 1 atom stereocenters. The molecule has 3 heteroatoms. The van der Waals surface area contributed by atoms with E-state index in [2.05, 4.69) is 36.5 Å². The Bertz CT molecular complexity index is 409. The summed E-state index contributed by atoms with van der Waals surface area (Å²) in [6.07, 6.45) is 4.85. The number of ether oxygens (including phenoxy) is 1. The van der Waals surface area contributed by atoms with Crippen LogP contribution in [-0.4, -0.2) is 25.2 Å². The first kappa shape index (κ1) is 14.1. The van der Waals surface area contributed by atoms with Crippen molar-refractivity contribution in [2.24, 2.45) is 0 Å². The molecule has 0 heterocycles. The highest BCUT2D eigenvalue weighted by Gasteiger charge is 2.26. The smallest absolute Gasteiger partial charge is 0.307 e. The van der Waals surface area contributed by atoms with Crippen LogP contribution in [0.2, 0.25) is 0 Å². The second kappa shape index (κ2) is 6.71. The number of nitrogens with one attached hydrogen (secondary N) is 1. The maximum absolute atomic E-state index is 11.5. The number of hydrogen-bond donors (Lipinski definition) is 1. The molecule has 1 unspecified atom stereocenters. The van der Waals surface area contributed by atoms with Gasteiger partial charge < -0.3 is 10.1 Å². The maximum atomic E-state index is 11.5.